The van der Waals surface area contributed by atoms with Crippen molar-refractivity contribution >= 4 is 39.1 Å². The standard InChI is InChI=1S/C26H26N4O3S/c27-26-29-16-20(34-26)15-28-24(32)22(14-19-11-6-10-18-9-4-5-12-21(18)19)30-25(33)23(31)13-17-7-2-1-3-8-17/h1-12,16,22-23,31H,13-15H2,(H2,27,29)(H,28,32)(H,30,33)/t22-,23+/m0/s1. The number of hydrogen-bond acceptors (Lipinski definition) is 6. The Balaban J connectivity index is 1.51. The Morgan fingerprint density at radius 1 is 0.941 bits per heavy atom. The summed E-state index contributed by atoms with van der Waals surface area (Å²) >= 11 is 1.29. The minimum absolute atomic E-state index is 0.162. The fourth-order valence-corrected chi connectivity index (χ4v) is 4.42. The predicted octanol–water partition coefficient (Wildman–Crippen LogP) is 2.83. The molecule has 0 radical (unpaired) electrons. The van der Waals surface area contributed by atoms with Crippen molar-refractivity contribution in [3.63, 3.8) is 0 Å². The molecular weight excluding hydrogens is 448 g/mol. The van der Waals surface area contributed by atoms with E-state index in [-0.39, 0.29) is 25.3 Å². The van der Waals surface area contributed by atoms with Gasteiger partial charge in [-0.25, -0.2) is 4.98 Å². The second-order valence-corrected chi connectivity index (χ2v) is 9.14. The quantitative estimate of drug-likeness (QED) is 0.298. The topological polar surface area (TPSA) is 117 Å². The number of nitrogens with two attached hydrogens (primary N) is 1. The predicted molar refractivity (Wildman–Crippen MR) is 134 cm³/mol. The van der Waals surface area contributed by atoms with Crippen LogP contribution in [0.2, 0.25) is 0 Å². The molecule has 3 aromatic carbocycles. The number of aliphatic hydroxyl groups excluding tert-OH is 1. The zero-order valence-corrected chi connectivity index (χ0v) is 19.3. The highest BCUT2D eigenvalue weighted by atomic mass is 32.1. The number of benzene rings is 3. The number of nitrogen functional groups attached to an aromatic ring is 1. The van der Waals surface area contributed by atoms with E-state index in [1.54, 1.807) is 6.20 Å². The molecule has 0 spiro atoms. The Morgan fingerprint density at radius 3 is 2.44 bits per heavy atom. The number of aliphatic hydroxyl groups is 1. The van der Waals surface area contributed by atoms with Gasteiger partial charge >= 0.3 is 0 Å². The molecule has 0 aliphatic rings. The zero-order valence-electron chi connectivity index (χ0n) is 18.5. The van der Waals surface area contributed by atoms with Gasteiger partial charge in [0.15, 0.2) is 5.13 Å². The second kappa shape index (κ2) is 10.9. The number of anilines is 1. The van der Waals surface area contributed by atoms with Crippen LogP contribution in [0.3, 0.4) is 0 Å². The second-order valence-electron chi connectivity index (χ2n) is 7.99. The maximum atomic E-state index is 13.1. The van der Waals surface area contributed by atoms with Gasteiger partial charge in [-0.05, 0) is 21.9 Å². The minimum atomic E-state index is -1.27. The first-order valence-corrected chi connectivity index (χ1v) is 11.8. The first-order valence-electron chi connectivity index (χ1n) is 11.0. The van der Waals surface area contributed by atoms with Crippen molar-refractivity contribution < 1.29 is 14.7 Å². The molecule has 0 saturated carbocycles. The number of amides is 2. The average Bonchev–Trinajstić information content (AvgIpc) is 3.27. The van der Waals surface area contributed by atoms with Crippen molar-refractivity contribution in [2.24, 2.45) is 0 Å². The number of aromatic nitrogens is 1. The number of carbonyl (C=O) groups excluding carboxylic acids is 2. The summed E-state index contributed by atoms with van der Waals surface area (Å²) in [5, 5.41) is 18.6. The molecule has 5 N–H and O–H groups in total. The van der Waals surface area contributed by atoms with Crippen molar-refractivity contribution in [3.8, 4) is 0 Å². The summed E-state index contributed by atoms with van der Waals surface area (Å²) in [5.41, 5.74) is 7.44. The number of nitrogens with one attached hydrogen (secondary N) is 2. The Kier molecular flexibility index (Phi) is 7.51. The van der Waals surface area contributed by atoms with Gasteiger partial charge in [0.25, 0.3) is 0 Å². The number of rotatable bonds is 9. The number of thiazole rings is 1. The summed E-state index contributed by atoms with van der Waals surface area (Å²) < 4.78 is 0. The fraction of sp³-hybridized carbons (Fsp3) is 0.192. The molecule has 8 heteroatoms. The highest BCUT2D eigenvalue weighted by molar-refractivity contribution is 7.15. The molecule has 0 aliphatic carbocycles. The number of carbonyl (C=O) groups is 2. The van der Waals surface area contributed by atoms with E-state index in [9.17, 15) is 14.7 Å². The lowest BCUT2D eigenvalue weighted by Crippen LogP contribution is -2.51. The number of fused-ring (bicyclic) bond motifs is 1. The van der Waals surface area contributed by atoms with E-state index < -0.39 is 18.1 Å². The van der Waals surface area contributed by atoms with Crippen LogP contribution >= 0.6 is 11.3 Å². The van der Waals surface area contributed by atoms with Crippen LogP contribution in [-0.2, 0) is 29.0 Å². The number of hydrogen-bond donors (Lipinski definition) is 4. The van der Waals surface area contributed by atoms with Gasteiger partial charge in [-0.2, -0.15) is 0 Å². The molecule has 1 aromatic heterocycles. The Labute approximate surface area is 201 Å². The van der Waals surface area contributed by atoms with Crippen LogP contribution in [0.5, 0.6) is 0 Å². The highest BCUT2D eigenvalue weighted by Crippen LogP contribution is 2.20. The van der Waals surface area contributed by atoms with E-state index in [1.807, 2.05) is 72.8 Å². The summed E-state index contributed by atoms with van der Waals surface area (Å²) in [4.78, 5) is 30.8. The van der Waals surface area contributed by atoms with Gasteiger partial charge in [0.1, 0.15) is 12.1 Å². The van der Waals surface area contributed by atoms with Crippen molar-refractivity contribution in [2.45, 2.75) is 31.5 Å². The number of nitrogens with zero attached hydrogens (tertiary/aromatic N) is 1. The van der Waals surface area contributed by atoms with Crippen molar-refractivity contribution in [3.05, 3.63) is 95.0 Å². The van der Waals surface area contributed by atoms with Crippen LogP contribution in [-0.4, -0.2) is 34.1 Å². The van der Waals surface area contributed by atoms with Gasteiger partial charge in [0.2, 0.25) is 11.8 Å². The summed E-state index contributed by atoms with van der Waals surface area (Å²) in [5.74, 6) is -0.938. The summed E-state index contributed by atoms with van der Waals surface area (Å²) in [6.07, 6.45) is 0.783. The van der Waals surface area contributed by atoms with E-state index in [0.717, 1.165) is 26.8 Å². The lowest BCUT2D eigenvalue weighted by molar-refractivity contribution is -0.134. The van der Waals surface area contributed by atoms with Gasteiger partial charge in [-0.3, -0.25) is 9.59 Å². The lowest BCUT2D eigenvalue weighted by Gasteiger charge is -2.21. The van der Waals surface area contributed by atoms with E-state index >= 15 is 0 Å². The van der Waals surface area contributed by atoms with Crippen LogP contribution in [0.4, 0.5) is 5.13 Å². The van der Waals surface area contributed by atoms with Gasteiger partial charge in [0, 0.05) is 23.9 Å². The minimum Gasteiger partial charge on any atom is -0.383 e. The molecule has 34 heavy (non-hydrogen) atoms. The first-order chi connectivity index (χ1) is 16.5. The molecule has 0 unspecified atom stereocenters. The largest absolute Gasteiger partial charge is 0.383 e. The maximum Gasteiger partial charge on any atom is 0.249 e. The molecule has 0 aliphatic heterocycles. The monoisotopic (exact) mass is 474 g/mol. The van der Waals surface area contributed by atoms with Gasteiger partial charge in [-0.15, -0.1) is 11.3 Å². The van der Waals surface area contributed by atoms with Crippen LogP contribution < -0.4 is 16.4 Å². The molecule has 4 aromatic rings. The molecule has 2 amide bonds. The third-order valence-electron chi connectivity index (χ3n) is 5.52. The summed E-state index contributed by atoms with van der Waals surface area (Å²) in [6, 6.07) is 22.2. The van der Waals surface area contributed by atoms with Gasteiger partial charge in [0.05, 0.1) is 6.54 Å². The Bertz CT molecular complexity index is 1270. The highest BCUT2D eigenvalue weighted by Gasteiger charge is 2.25. The first kappa shape index (κ1) is 23.4. The van der Waals surface area contributed by atoms with E-state index in [0.29, 0.717) is 5.13 Å². The molecule has 2 atom stereocenters. The average molecular weight is 475 g/mol. The van der Waals surface area contributed by atoms with E-state index in [4.69, 9.17) is 5.73 Å². The van der Waals surface area contributed by atoms with Crippen molar-refractivity contribution in [2.75, 3.05) is 5.73 Å². The molecule has 7 nitrogen and oxygen atoms in total. The molecule has 0 bridgehead atoms. The zero-order chi connectivity index (χ0) is 23.9. The van der Waals surface area contributed by atoms with Crippen molar-refractivity contribution in [1.29, 1.82) is 0 Å². The smallest absolute Gasteiger partial charge is 0.249 e. The SMILES string of the molecule is Nc1ncc(CNC(=O)[C@H](Cc2cccc3ccccc23)NC(=O)[C@H](O)Cc2ccccc2)s1. The van der Waals surface area contributed by atoms with Crippen molar-refractivity contribution in [1.82, 2.24) is 15.6 Å². The van der Waals surface area contributed by atoms with Crippen LogP contribution in [0, 0.1) is 0 Å². The summed E-state index contributed by atoms with van der Waals surface area (Å²) in [7, 11) is 0. The molecule has 0 saturated heterocycles. The molecule has 4 rings (SSSR count). The third kappa shape index (κ3) is 5.98. The Hall–Kier alpha value is -3.75. The molecular formula is C26H26N4O3S. The molecule has 1 heterocycles. The van der Waals surface area contributed by atoms with E-state index in [2.05, 4.69) is 15.6 Å². The lowest BCUT2D eigenvalue weighted by atomic mass is 9.98. The van der Waals surface area contributed by atoms with Crippen LogP contribution in [0.15, 0.2) is 79.0 Å². The van der Waals surface area contributed by atoms with E-state index in [1.165, 1.54) is 11.3 Å². The Morgan fingerprint density at radius 2 is 1.68 bits per heavy atom. The fourth-order valence-electron chi connectivity index (χ4n) is 3.80. The molecule has 0 fully saturated rings. The van der Waals surface area contributed by atoms with Crippen LogP contribution in [0.25, 0.3) is 10.8 Å². The van der Waals surface area contributed by atoms with Gasteiger partial charge < -0.3 is 21.5 Å². The molecule has 174 valence electrons. The maximum absolute atomic E-state index is 13.1. The normalized spacial score (nSPS) is 12.7. The third-order valence-corrected chi connectivity index (χ3v) is 6.35. The van der Waals surface area contributed by atoms with Crippen LogP contribution in [0.1, 0.15) is 16.0 Å². The van der Waals surface area contributed by atoms with Gasteiger partial charge in [-0.1, -0.05) is 72.8 Å². The summed E-state index contributed by atoms with van der Waals surface area (Å²) in [6.45, 7) is 0.252.